The van der Waals surface area contributed by atoms with E-state index >= 15 is 0 Å². The van der Waals surface area contributed by atoms with Crippen molar-refractivity contribution in [1.82, 2.24) is 0 Å². The Hall–Kier alpha value is -0.830. The van der Waals surface area contributed by atoms with Crippen molar-refractivity contribution >= 4 is 0 Å². The average Bonchev–Trinajstić information content (AvgIpc) is 2.32. The van der Waals surface area contributed by atoms with Gasteiger partial charge in [0.05, 0.1) is 0 Å². The zero-order chi connectivity index (χ0) is 14.2. The second kappa shape index (κ2) is 5.66. The molecular weight excluding hydrogens is 343 g/mol. The van der Waals surface area contributed by atoms with Crippen LogP contribution in [0, 0.1) is 48.7 Å². The summed E-state index contributed by atoms with van der Waals surface area (Å²) in [5.41, 5.74) is 8.58. The average molecular weight is 365 g/mol. The van der Waals surface area contributed by atoms with Gasteiger partial charge in [-0.25, -0.2) is 0 Å². The molecule has 0 saturated heterocycles. The van der Waals surface area contributed by atoms with E-state index in [1.54, 1.807) is 3.57 Å². The van der Waals surface area contributed by atoms with Crippen LogP contribution in [0.15, 0.2) is 24.3 Å². The summed E-state index contributed by atoms with van der Waals surface area (Å²) in [6, 6.07) is 9.42. The molecule has 0 aliphatic heterocycles. The molecule has 0 fully saturated rings. The van der Waals surface area contributed by atoms with Gasteiger partial charge in [0.2, 0.25) is 0 Å². The summed E-state index contributed by atoms with van der Waals surface area (Å²) in [5.74, 6) is 0. The third-order valence-corrected chi connectivity index (χ3v) is 6.80. The quantitative estimate of drug-likeness (QED) is 0.711. The molecule has 0 spiro atoms. The molecule has 102 valence electrons. The van der Waals surface area contributed by atoms with Crippen molar-refractivity contribution in [3.05, 3.63) is 64.8 Å². The molecule has 0 aliphatic carbocycles. The van der Waals surface area contributed by atoms with E-state index in [0.29, 0.717) is 0 Å². The first-order valence-electron chi connectivity index (χ1n) is 6.69. The van der Waals surface area contributed by atoms with E-state index in [0.717, 1.165) is 0 Å². The van der Waals surface area contributed by atoms with E-state index in [2.05, 4.69) is 65.8 Å². The Labute approximate surface area is 127 Å². The van der Waals surface area contributed by atoms with Crippen molar-refractivity contribution in [3.8, 4) is 0 Å². The van der Waals surface area contributed by atoms with Gasteiger partial charge in [-0.1, -0.05) is 0 Å². The Bertz CT molecular complexity index is 601. The molecule has 0 unspecified atom stereocenters. The molecule has 0 heterocycles. The number of aryl methyl sites for hydroxylation is 4. The Balaban J connectivity index is 2.42. The molecule has 2 rings (SSSR count). The van der Waals surface area contributed by atoms with Crippen LogP contribution in [-0.4, -0.2) is 0 Å². The van der Waals surface area contributed by atoms with Gasteiger partial charge >= 0.3 is 128 Å². The summed E-state index contributed by atoms with van der Waals surface area (Å²) in [7, 11) is 0. The van der Waals surface area contributed by atoms with E-state index < -0.39 is 0 Å². The van der Waals surface area contributed by atoms with Gasteiger partial charge in [-0.05, 0) is 0 Å². The monoisotopic (exact) mass is 365 g/mol. The van der Waals surface area contributed by atoms with Gasteiger partial charge in [0.25, 0.3) is 0 Å². The number of halogens is 1. The second-order valence-corrected chi connectivity index (χ2v) is 8.39. The van der Waals surface area contributed by atoms with E-state index in [1.807, 2.05) is 0 Å². The first kappa shape index (κ1) is 14.6. The number of rotatable bonds is 2. The van der Waals surface area contributed by atoms with Gasteiger partial charge < -0.3 is 0 Å². The van der Waals surface area contributed by atoms with E-state index in [4.69, 9.17) is 0 Å². The second-order valence-electron chi connectivity index (χ2n) is 5.45. The minimum atomic E-state index is -0.0729. The van der Waals surface area contributed by atoms with Crippen molar-refractivity contribution < 1.29 is 21.2 Å². The summed E-state index contributed by atoms with van der Waals surface area (Å²) in [6.07, 6.45) is 0. The molecule has 0 bridgehead atoms. The minimum absolute atomic E-state index is 0.0729. The Kier molecular flexibility index (Phi) is 4.34. The first-order chi connectivity index (χ1) is 8.88. The van der Waals surface area contributed by atoms with E-state index in [-0.39, 0.29) is 21.2 Å². The third kappa shape index (κ3) is 3.19. The molecule has 0 N–H and O–H groups in total. The molecule has 1 heteroatoms. The SMILES string of the molecule is Cc1cc(C)c(C)c([I-]c2cc(C)c(C)c(C)c2)c1. The fraction of sp³-hybridized carbons (Fsp3) is 0.333. The molecule has 0 atom stereocenters. The van der Waals surface area contributed by atoms with Crippen LogP contribution >= 0.6 is 0 Å². The third-order valence-electron chi connectivity index (χ3n) is 3.85. The fourth-order valence-corrected chi connectivity index (χ4v) is 5.63. The van der Waals surface area contributed by atoms with Crippen molar-refractivity contribution in [1.29, 1.82) is 0 Å². The molecule has 0 aromatic heterocycles. The predicted octanol–water partition coefficient (Wildman–Crippen LogP) is 1.67. The summed E-state index contributed by atoms with van der Waals surface area (Å²) in [6.45, 7) is 13.4. The molecule has 0 aliphatic rings. The van der Waals surface area contributed by atoms with Gasteiger partial charge in [-0.2, -0.15) is 0 Å². The molecule has 0 saturated carbocycles. The maximum atomic E-state index is 2.38. The van der Waals surface area contributed by atoms with Crippen LogP contribution in [0.4, 0.5) is 0 Å². The summed E-state index contributed by atoms with van der Waals surface area (Å²) in [5, 5.41) is 0. The van der Waals surface area contributed by atoms with Crippen molar-refractivity contribution in [3.63, 3.8) is 0 Å². The Morgan fingerprint density at radius 1 is 0.632 bits per heavy atom. The van der Waals surface area contributed by atoms with Gasteiger partial charge in [-0.3, -0.25) is 0 Å². The van der Waals surface area contributed by atoms with Crippen molar-refractivity contribution in [2.75, 3.05) is 0 Å². The fourth-order valence-electron chi connectivity index (χ4n) is 2.24. The van der Waals surface area contributed by atoms with Gasteiger partial charge in [0.15, 0.2) is 0 Å². The molecule has 2 aromatic rings. The van der Waals surface area contributed by atoms with Gasteiger partial charge in [0.1, 0.15) is 0 Å². The maximum absolute atomic E-state index is 2.38. The molecular formula is C18H22I-. The molecule has 0 amide bonds. The van der Waals surface area contributed by atoms with Crippen molar-refractivity contribution in [2.24, 2.45) is 0 Å². The van der Waals surface area contributed by atoms with Gasteiger partial charge in [0, 0.05) is 0 Å². The van der Waals surface area contributed by atoms with Gasteiger partial charge in [-0.15, -0.1) is 0 Å². The topological polar surface area (TPSA) is 0 Å². The van der Waals surface area contributed by atoms with Crippen LogP contribution in [0.25, 0.3) is 0 Å². The van der Waals surface area contributed by atoms with Crippen LogP contribution in [0.2, 0.25) is 0 Å². The zero-order valence-corrected chi connectivity index (χ0v) is 14.8. The Morgan fingerprint density at radius 2 is 1.16 bits per heavy atom. The van der Waals surface area contributed by atoms with E-state index in [9.17, 15) is 0 Å². The number of hydrogen-bond donors (Lipinski definition) is 0. The molecule has 0 radical (unpaired) electrons. The van der Waals surface area contributed by atoms with Crippen LogP contribution in [-0.2, 0) is 0 Å². The summed E-state index contributed by atoms with van der Waals surface area (Å²) < 4.78 is 3.10. The number of hydrogen-bond acceptors (Lipinski definition) is 0. The molecule has 2 aromatic carbocycles. The standard InChI is InChI=1S/C18H22I/c1-11-7-12(2)16(6)18(8-11)19-17-9-13(3)15(5)14(4)10-17/h7-10H,1-6H3/q-1. The molecule has 0 nitrogen and oxygen atoms in total. The van der Waals surface area contributed by atoms with Crippen molar-refractivity contribution in [2.45, 2.75) is 41.5 Å². The summed E-state index contributed by atoms with van der Waals surface area (Å²) >= 11 is -0.0729. The zero-order valence-electron chi connectivity index (χ0n) is 12.7. The first-order valence-corrected chi connectivity index (χ1v) is 8.84. The van der Waals surface area contributed by atoms with Crippen LogP contribution in [0.1, 0.15) is 33.4 Å². The number of benzene rings is 2. The summed E-state index contributed by atoms with van der Waals surface area (Å²) in [4.78, 5) is 0. The van der Waals surface area contributed by atoms with Crippen LogP contribution in [0.5, 0.6) is 0 Å². The Morgan fingerprint density at radius 3 is 1.74 bits per heavy atom. The van der Waals surface area contributed by atoms with Crippen LogP contribution < -0.4 is 21.2 Å². The van der Waals surface area contributed by atoms with E-state index in [1.165, 1.54) is 37.0 Å². The molecule has 19 heavy (non-hydrogen) atoms. The predicted molar refractivity (Wildman–Crippen MR) is 78.7 cm³/mol. The van der Waals surface area contributed by atoms with Crippen LogP contribution in [0.3, 0.4) is 0 Å². The normalized spacial score (nSPS) is 11.1.